The van der Waals surface area contributed by atoms with Crippen LogP contribution in [0, 0.1) is 0 Å². The molecule has 0 spiro atoms. The number of carbonyl (C=O) groups excluding carboxylic acids is 1. The van der Waals surface area contributed by atoms with Gasteiger partial charge in [-0.2, -0.15) is 0 Å². The van der Waals surface area contributed by atoms with E-state index in [1.807, 2.05) is 0 Å². The number of hydrogen-bond donors (Lipinski definition) is 2. The Bertz CT molecular complexity index is 404. The summed E-state index contributed by atoms with van der Waals surface area (Å²) < 4.78 is 4.85. The van der Waals surface area contributed by atoms with Crippen molar-refractivity contribution < 1.29 is 19.4 Å². The number of carboxylic acids is 1. The van der Waals surface area contributed by atoms with Crippen molar-refractivity contribution >= 4 is 23.5 Å². The van der Waals surface area contributed by atoms with E-state index in [9.17, 15) is 9.59 Å². The lowest BCUT2D eigenvalue weighted by molar-refractivity contribution is -0.138. The zero-order chi connectivity index (χ0) is 12.8. The average Bonchev–Trinajstić information content (AvgIpc) is 2.31. The predicted octanol–water partition coefficient (Wildman–Crippen LogP) is 0.785. The van der Waals surface area contributed by atoms with E-state index in [1.54, 1.807) is 24.3 Å². The van der Waals surface area contributed by atoms with E-state index in [0.717, 1.165) is 5.56 Å². The Kier molecular flexibility index (Phi) is 4.93. The van der Waals surface area contributed by atoms with Gasteiger partial charge in [-0.15, -0.1) is 11.6 Å². The van der Waals surface area contributed by atoms with Gasteiger partial charge in [0.15, 0.2) is 0 Å². The molecule has 6 heteroatoms. The second kappa shape index (κ2) is 6.22. The Balaban J connectivity index is 2.62. The van der Waals surface area contributed by atoms with Crippen LogP contribution in [0.5, 0.6) is 5.75 Å². The fourth-order valence-electron chi connectivity index (χ4n) is 1.19. The largest absolute Gasteiger partial charge is 0.480 e. The highest BCUT2D eigenvalue weighted by atomic mass is 35.5. The molecule has 0 bridgehead atoms. The van der Waals surface area contributed by atoms with E-state index in [0.29, 0.717) is 5.75 Å². The molecule has 0 aliphatic heterocycles. The standard InChI is InChI=1S/C11H12ClNO4/c12-6-10(14)17-8-3-1-7(2-4-8)5-9(13)11(15)16/h1-4,9H,5-6,13H2,(H,15,16). The van der Waals surface area contributed by atoms with Crippen molar-refractivity contribution in [3.63, 3.8) is 0 Å². The molecule has 0 aromatic heterocycles. The third-order valence-electron chi connectivity index (χ3n) is 2.04. The van der Waals surface area contributed by atoms with E-state index in [-0.39, 0.29) is 12.3 Å². The molecule has 1 rings (SSSR count). The molecule has 1 aromatic carbocycles. The van der Waals surface area contributed by atoms with Gasteiger partial charge in [0.2, 0.25) is 0 Å². The lowest BCUT2D eigenvalue weighted by Gasteiger charge is -2.07. The lowest BCUT2D eigenvalue weighted by atomic mass is 10.1. The van der Waals surface area contributed by atoms with Gasteiger partial charge in [0.25, 0.3) is 0 Å². The quantitative estimate of drug-likeness (QED) is 0.462. The van der Waals surface area contributed by atoms with Crippen molar-refractivity contribution in [3.05, 3.63) is 29.8 Å². The van der Waals surface area contributed by atoms with Crippen LogP contribution in [0.2, 0.25) is 0 Å². The number of aliphatic carboxylic acids is 1. The van der Waals surface area contributed by atoms with E-state index in [4.69, 9.17) is 27.2 Å². The molecular formula is C11H12ClNO4. The first kappa shape index (κ1) is 13.5. The smallest absolute Gasteiger partial charge is 0.326 e. The number of halogens is 1. The van der Waals surface area contributed by atoms with Gasteiger partial charge < -0.3 is 15.6 Å². The lowest BCUT2D eigenvalue weighted by Crippen LogP contribution is -2.32. The van der Waals surface area contributed by atoms with E-state index in [2.05, 4.69) is 0 Å². The van der Waals surface area contributed by atoms with E-state index < -0.39 is 18.0 Å². The number of ether oxygens (including phenoxy) is 1. The first-order valence-corrected chi connectivity index (χ1v) is 5.40. The van der Waals surface area contributed by atoms with Gasteiger partial charge in [0.1, 0.15) is 17.7 Å². The summed E-state index contributed by atoms with van der Waals surface area (Å²) in [7, 11) is 0. The third kappa shape index (κ3) is 4.42. The highest BCUT2D eigenvalue weighted by molar-refractivity contribution is 6.26. The van der Waals surface area contributed by atoms with Crippen LogP contribution in [0.1, 0.15) is 5.56 Å². The molecule has 0 heterocycles. The van der Waals surface area contributed by atoms with Gasteiger partial charge in [-0.1, -0.05) is 12.1 Å². The summed E-state index contributed by atoms with van der Waals surface area (Å²) in [6, 6.07) is 5.49. The maximum absolute atomic E-state index is 10.9. The Morgan fingerprint density at radius 1 is 1.35 bits per heavy atom. The molecule has 92 valence electrons. The van der Waals surface area contributed by atoms with Crippen molar-refractivity contribution in [2.75, 3.05) is 5.88 Å². The van der Waals surface area contributed by atoms with Crippen molar-refractivity contribution in [2.24, 2.45) is 5.73 Å². The van der Waals surface area contributed by atoms with Gasteiger partial charge >= 0.3 is 11.9 Å². The first-order valence-electron chi connectivity index (χ1n) is 4.87. The molecular weight excluding hydrogens is 246 g/mol. The van der Waals surface area contributed by atoms with Gasteiger partial charge in [0.05, 0.1) is 0 Å². The number of carbonyl (C=O) groups is 2. The molecule has 1 unspecified atom stereocenters. The van der Waals surface area contributed by atoms with E-state index in [1.165, 1.54) is 0 Å². The number of benzene rings is 1. The van der Waals surface area contributed by atoms with Crippen molar-refractivity contribution in [1.29, 1.82) is 0 Å². The summed E-state index contributed by atoms with van der Waals surface area (Å²) in [6.45, 7) is 0. The highest BCUT2D eigenvalue weighted by Crippen LogP contribution is 2.13. The number of esters is 1. The van der Waals surface area contributed by atoms with Crippen molar-refractivity contribution in [1.82, 2.24) is 0 Å². The fraction of sp³-hybridized carbons (Fsp3) is 0.273. The molecule has 0 aliphatic rings. The second-order valence-corrected chi connectivity index (χ2v) is 3.67. The molecule has 0 amide bonds. The maximum Gasteiger partial charge on any atom is 0.326 e. The molecule has 1 atom stereocenters. The summed E-state index contributed by atoms with van der Waals surface area (Å²) in [5.74, 6) is -1.45. The van der Waals surface area contributed by atoms with Crippen molar-refractivity contribution in [3.8, 4) is 5.75 Å². The average molecular weight is 258 g/mol. The first-order chi connectivity index (χ1) is 8.02. The molecule has 0 fully saturated rings. The molecule has 0 saturated carbocycles. The summed E-state index contributed by atoms with van der Waals surface area (Å²) in [5, 5.41) is 8.64. The molecule has 5 nitrogen and oxygen atoms in total. The number of nitrogens with two attached hydrogens (primary N) is 1. The summed E-state index contributed by atoms with van der Waals surface area (Å²) in [5.41, 5.74) is 6.14. The number of alkyl halides is 1. The molecule has 0 radical (unpaired) electrons. The van der Waals surface area contributed by atoms with Gasteiger partial charge in [-0.05, 0) is 24.1 Å². The SMILES string of the molecule is NC(Cc1ccc(OC(=O)CCl)cc1)C(=O)O. The van der Waals surface area contributed by atoms with Crippen LogP contribution in [0.15, 0.2) is 24.3 Å². The molecule has 0 aliphatic carbocycles. The van der Waals surface area contributed by atoms with Crippen LogP contribution in [-0.2, 0) is 16.0 Å². The minimum Gasteiger partial charge on any atom is -0.480 e. The van der Waals surface area contributed by atoms with Crippen LogP contribution < -0.4 is 10.5 Å². The Morgan fingerprint density at radius 2 is 1.94 bits per heavy atom. The monoisotopic (exact) mass is 257 g/mol. The Labute approximate surface area is 103 Å². The summed E-state index contributed by atoms with van der Waals surface area (Å²) >= 11 is 5.28. The number of hydrogen-bond acceptors (Lipinski definition) is 4. The maximum atomic E-state index is 10.9. The highest BCUT2D eigenvalue weighted by Gasteiger charge is 2.12. The van der Waals surface area contributed by atoms with Crippen LogP contribution in [0.4, 0.5) is 0 Å². The van der Waals surface area contributed by atoms with Crippen LogP contribution >= 0.6 is 11.6 Å². The minimum atomic E-state index is -1.05. The van der Waals surface area contributed by atoms with Gasteiger partial charge in [0, 0.05) is 0 Å². The van der Waals surface area contributed by atoms with Crippen molar-refractivity contribution in [2.45, 2.75) is 12.5 Å². The van der Waals surface area contributed by atoms with Crippen LogP contribution in [-0.4, -0.2) is 29.0 Å². The molecule has 0 saturated heterocycles. The van der Waals surface area contributed by atoms with Gasteiger partial charge in [-0.3, -0.25) is 9.59 Å². The predicted molar refractivity (Wildman–Crippen MR) is 62.1 cm³/mol. The Morgan fingerprint density at radius 3 is 2.41 bits per heavy atom. The normalized spacial score (nSPS) is 11.9. The van der Waals surface area contributed by atoms with E-state index >= 15 is 0 Å². The van der Waals surface area contributed by atoms with Crippen LogP contribution in [0.25, 0.3) is 0 Å². The molecule has 1 aromatic rings. The van der Waals surface area contributed by atoms with Crippen LogP contribution in [0.3, 0.4) is 0 Å². The minimum absolute atomic E-state index is 0.217. The molecule has 17 heavy (non-hydrogen) atoms. The summed E-state index contributed by atoms with van der Waals surface area (Å²) in [6.07, 6.45) is 0.221. The number of rotatable bonds is 5. The third-order valence-corrected chi connectivity index (χ3v) is 2.26. The Hall–Kier alpha value is -1.59. The zero-order valence-electron chi connectivity index (χ0n) is 8.93. The fourth-order valence-corrected chi connectivity index (χ4v) is 1.25. The second-order valence-electron chi connectivity index (χ2n) is 3.40. The van der Waals surface area contributed by atoms with Gasteiger partial charge in [-0.25, -0.2) is 0 Å². The zero-order valence-corrected chi connectivity index (χ0v) is 9.68. The number of carboxylic acid groups (broad SMARTS) is 1. The summed E-state index contributed by atoms with van der Waals surface area (Å²) in [4.78, 5) is 21.4. The topological polar surface area (TPSA) is 89.6 Å². The molecule has 3 N–H and O–H groups in total.